The van der Waals surface area contributed by atoms with Gasteiger partial charge in [0.1, 0.15) is 18.7 Å². The molecule has 0 amide bonds. The summed E-state index contributed by atoms with van der Waals surface area (Å²) < 4.78 is 20.5. The van der Waals surface area contributed by atoms with Crippen molar-refractivity contribution in [1.29, 1.82) is 5.26 Å². The van der Waals surface area contributed by atoms with Crippen LogP contribution in [0, 0.1) is 28.6 Å². The van der Waals surface area contributed by atoms with E-state index in [0.29, 0.717) is 18.7 Å². The van der Waals surface area contributed by atoms with Gasteiger partial charge in [-0.2, -0.15) is 5.26 Å². The molecule has 4 nitrogen and oxygen atoms in total. The van der Waals surface area contributed by atoms with E-state index in [9.17, 15) is 10.1 Å². The maximum atomic E-state index is 15.2. The van der Waals surface area contributed by atoms with Gasteiger partial charge in [0.15, 0.2) is 0 Å². The first kappa shape index (κ1) is 26.9. The van der Waals surface area contributed by atoms with Crippen LogP contribution in [0.4, 0.5) is 0 Å². The number of Topliss-reactive ketones (excluding diaryl/α,β-unsaturated/α-hetero) is 1. The highest BCUT2D eigenvalue weighted by Gasteiger charge is 2.51. The van der Waals surface area contributed by atoms with Gasteiger partial charge >= 0.3 is 0 Å². The quantitative estimate of drug-likeness (QED) is 0.243. The van der Waals surface area contributed by atoms with Gasteiger partial charge < -0.3 is 9.30 Å². The van der Waals surface area contributed by atoms with Crippen LogP contribution in [0.2, 0.25) is 0 Å². The molecule has 1 saturated carbocycles. The Labute approximate surface area is 221 Å². The molecule has 3 aromatic rings. The summed E-state index contributed by atoms with van der Waals surface area (Å²) in [5, 5.41) is 9.20. The molecule has 3 aromatic carbocycles. The highest BCUT2D eigenvalue weighted by molar-refractivity contribution is 7.62. The molecule has 1 aliphatic carbocycles. The Morgan fingerprint density at radius 3 is 1.97 bits per heavy atom. The van der Waals surface area contributed by atoms with E-state index in [1.807, 2.05) is 84.9 Å². The number of carbonyl (C=O) groups excluding carboxylic acids is 1. The number of hydrogen-bond donors (Lipinski definition) is 0. The second-order valence-corrected chi connectivity index (χ2v) is 14.0. The van der Waals surface area contributed by atoms with Crippen LogP contribution in [0.3, 0.4) is 0 Å². The Morgan fingerprint density at radius 1 is 0.973 bits per heavy atom. The van der Waals surface area contributed by atoms with Gasteiger partial charge in [0.05, 0.1) is 13.2 Å². The van der Waals surface area contributed by atoms with Gasteiger partial charge in [0, 0.05) is 36.7 Å². The van der Waals surface area contributed by atoms with E-state index in [0.717, 1.165) is 28.9 Å². The van der Waals surface area contributed by atoms with Gasteiger partial charge in [0.25, 0.3) is 0 Å². The molecule has 3 atom stereocenters. The summed E-state index contributed by atoms with van der Waals surface area (Å²) in [5.74, 6) is 0.996. The monoisotopic (exact) mass is 513 g/mol. The lowest BCUT2D eigenvalue weighted by atomic mass is 9.52. The molecule has 3 unspecified atom stereocenters. The summed E-state index contributed by atoms with van der Waals surface area (Å²) in [6, 6.07) is 29.9. The van der Waals surface area contributed by atoms with Crippen molar-refractivity contribution in [3.05, 3.63) is 102 Å². The van der Waals surface area contributed by atoms with Crippen LogP contribution in [-0.2, 0) is 21.7 Å². The molecule has 37 heavy (non-hydrogen) atoms. The molecule has 0 heterocycles. The fourth-order valence-electron chi connectivity index (χ4n) is 5.79. The zero-order valence-corrected chi connectivity index (χ0v) is 22.9. The highest BCUT2D eigenvalue weighted by Crippen LogP contribution is 2.66. The Morgan fingerprint density at radius 2 is 1.51 bits per heavy atom. The average Bonchev–Trinajstić information content (AvgIpc) is 2.90. The lowest BCUT2D eigenvalue weighted by Gasteiger charge is -2.51. The standard InChI is InChI=1S/C32H36NO3P/c1-32(2)27(18-19-33)20-29(32)30(34)21-31(26-14-16-28(36-3)17-15-26)37(35,22-24-10-6-4-7-11-24)23-25-12-8-5-9-13-25/h4-17,27,29,31H,18,20-23H2,1-3H3. The fraction of sp³-hybridized carbons (Fsp3) is 0.375. The first-order valence-corrected chi connectivity index (χ1v) is 15.1. The first-order chi connectivity index (χ1) is 17.8. The van der Waals surface area contributed by atoms with Crippen LogP contribution in [-0.4, -0.2) is 12.9 Å². The molecule has 4 rings (SSSR count). The summed E-state index contributed by atoms with van der Waals surface area (Å²) >= 11 is 0. The van der Waals surface area contributed by atoms with Crippen LogP contribution in [0.25, 0.3) is 0 Å². The molecule has 0 spiro atoms. The molecule has 0 aliphatic heterocycles. The number of carbonyl (C=O) groups is 1. The molecule has 0 aromatic heterocycles. The van der Waals surface area contributed by atoms with Crippen molar-refractivity contribution in [2.75, 3.05) is 7.11 Å². The van der Waals surface area contributed by atoms with Crippen molar-refractivity contribution >= 4 is 12.9 Å². The number of benzene rings is 3. The summed E-state index contributed by atoms with van der Waals surface area (Å²) in [6.45, 7) is 4.19. The molecule has 0 bridgehead atoms. The zero-order valence-electron chi connectivity index (χ0n) is 22.0. The largest absolute Gasteiger partial charge is 0.497 e. The van der Waals surface area contributed by atoms with Gasteiger partial charge in [-0.05, 0) is 46.6 Å². The Hall–Kier alpha value is -3.15. The van der Waals surface area contributed by atoms with E-state index in [2.05, 4.69) is 19.9 Å². The number of ketones is 1. The molecular formula is C32H36NO3P. The normalized spacial score (nSPS) is 19.3. The van der Waals surface area contributed by atoms with Crippen molar-refractivity contribution in [3.8, 4) is 11.8 Å². The third kappa shape index (κ3) is 6.06. The molecule has 0 N–H and O–H groups in total. The molecule has 1 aliphatic rings. The van der Waals surface area contributed by atoms with Crippen molar-refractivity contribution in [1.82, 2.24) is 0 Å². The minimum Gasteiger partial charge on any atom is -0.497 e. The summed E-state index contributed by atoms with van der Waals surface area (Å²) in [4.78, 5) is 13.8. The fourth-order valence-corrected chi connectivity index (χ4v) is 9.23. The number of methoxy groups -OCH3 is 1. The molecule has 0 radical (unpaired) electrons. The van der Waals surface area contributed by atoms with Crippen LogP contribution in [0.1, 0.15) is 55.5 Å². The summed E-state index contributed by atoms with van der Waals surface area (Å²) in [7, 11) is -1.36. The maximum absolute atomic E-state index is 15.2. The number of ether oxygens (including phenoxy) is 1. The Balaban J connectivity index is 1.72. The minimum absolute atomic E-state index is 0.117. The maximum Gasteiger partial charge on any atom is 0.137 e. The van der Waals surface area contributed by atoms with E-state index >= 15 is 4.57 Å². The van der Waals surface area contributed by atoms with Crippen molar-refractivity contribution in [2.24, 2.45) is 17.3 Å². The minimum atomic E-state index is -2.98. The van der Waals surface area contributed by atoms with Crippen molar-refractivity contribution < 1.29 is 14.1 Å². The van der Waals surface area contributed by atoms with Gasteiger partial charge in [-0.25, -0.2) is 0 Å². The second-order valence-electron chi connectivity index (χ2n) is 10.9. The van der Waals surface area contributed by atoms with E-state index in [4.69, 9.17) is 4.74 Å². The number of nitriles is 1. The molecule has 192 valence electrons. The van der Waals surface area contributed by atoms with E-state index < -0.39 is 12.8 Å². The smallest absolute Gasteiger partial charge is 0.137 e. The molecule has 1 fully saturated rings. The SMILES string of the molecule is COc1ccc(C(CC(=O)C2CC(CC#N)C2(C)C)P(=O)(Cc2ccccc2)Cc2ccccc2)cc1. The van der Waals surface area contributed by atoms with E-state index in [-0.39, 0.29) is 29.5 Å². The Bertz CT molecular complexity index is 1230. The average molecular weight is 514 g/mol. The lowest BCUT2D eigenvalue weighted by Crippen LogP contribution is -2.48. The third-order valence-corrected chi connectivity index (χ3v) is 11.7. The van der Waals surface area contributed by atoms with Gasteiger partial charge in [-0.3, -0.25) is 4.79 Å². The highest BCUT2D eigenvalue weighted by atomic mass is 31.2. The number of rotatable bonds is 11. The van der Waals surface area contributed by atoms with E-state index in [1.54, 1.807) is 7.11 Å². The molecular weight excluding hydrogens is 477 g/mol. The van der Waals surface area contributed by atoms with Crippen LogP contribution in [0.5, 0.6) is 5.75 Å². The van der Waals surface area contributed by atoms with Gasteiger partial charge in [-0.15, -0.1) is 0 Å². The topological polar surface area (TPSA) is 67.2 Å². The first-order valence-electron chi connectivity index (χ1n) is 13.0. The number of nitrogens with zero attached hydrogens (tertiary/aromatic N) is 1. The Kier molecular flexibility index (Phi) is 8.35. The van der Waals surface area contributed by atoms with Gasteiger partial charge in [0.2, 0.25) is 0 Å². The van der Waals surface area contributed by atoms with Crippen molar-refractivity contribution in [2.45, 2.75) is 51.1 Å². The zero-order chi connectivity index (χ0) is 26.5. The predicted octanol–water partition coefficient (Wildman–Crippen LogP) is 8.03. The van der Waals surface area contributed by atoms with E-state index in [1.165, 1.54) is 0 Å². The number of hydrogen-bond acceptors (Lipinski definition) is 4. The summed E-state index contributed by atoms with van der Waals surface area (Å²) in [5.41, 5.74) is 2.32. The van der Waals surface area contributed by atoms with Crippen LogP contribution < -0.4 is 4.74 Å². The third-order valence-electron chi connectivity index (χ3n) is 8.25. The lowest BCUT2D eigenvalue weighted by molar-refractivity contribution is -0.138. The predicted molar refractivity (Wildman–Crippen MR) is 149 cm³/mol. The molecule has 5 heteroatoms. The van der Waals surface area contributed by atoms with Gasteiger partial charge in [-0.1, -0.05) is 86.6 Å². The molecule has 0 saturated heterocycles. The van der Waals surface area contributed by atoms with Crippen LogP contribution >= 0.6 is 7.14 Å². The second kappa shape index (κ2) is 11.5. The summed E-state index contributed by atoms with van der Waals surface area (Å²) in [6.07, 6.45) is 2.29. The van der Waals surface area contributed by atoms with Crippen LogP contribution in [0.15, 0.2) is 84.9 Å². The van der Waals surface area contributed by atoms with Crippen molar-refractivity contribution in [3.63, 3.8) is 0 Å².